The molecule has 0 bridgehead atoms. The third-order valence-corrected chi connectivity index (χ3v) is 6.01. The lowest BCUT2D eigenvalue weighted by Gasteiger charge is -2.35. The van der Waals surface area contributed by atoms with Crippen molar-refractivity contribution in [2.75, 3.05) is 18.4 Å². The summed E-state index contributed by atoms with van der Waals surface area (Å²) in [6, 6.07) is 15.3. The monoisotopic (exact) mass is 472 g/mol. The van der Waals surface area contributed by atoms with E-state index in [1.54, 1.807) is 30.5 Å². The lowest BCUT2D eigenvalue weighted by atomic mass is 10.1. The van der Waals surface area contributed by atoms with Crippen LogP contribution in [0.15, 0.2) is 59.5 Å². The summed E-state index contributed by atoms with van der Waals surface area (Å²) in [7, 11) is 0. The smallest absolute Gasteiger partial charge is 0.292 e. The van der Waals surface area contributed by atoms with Gasteiger partial charge in [-0.25, -0.2) is 0 Å². The number of rotatable bonds is 6. The molecule has 1 aliphatic rings. The first kappa shape index (κ1) is 22.8. The number of hydrogen-bond acceptors (Lipinski definition) is 5. The Kier molecular flexibility index (Phi) is 7.16. The largest absolute Gasteiger partial charge is 0.378 e. The molecule has 3 aromatic rings. The molecule has 0 aliphatic carbocycles. The van der Waals surface area contributed by atoms with Crippen LogP contribution >= 0.6 is 23.2 Å². The predicted octanol–water partition coefficient (Wildman–Crippen LogP) is 4.76. The molecule has 0 amide bonds. The van der Waals surface area contributed by atoms with Gasteiger partial charge in [0.1, 0.15) is 5.02 Å². The molecule has 1 saturated heterocycles. The molecule has 2 atom stereocenters. The highest BCUT2D eigenvalue weighted by atomic mass is 35.5. The van der Waals surface area contributed by atoms with Crippen LogP contribution in [0.4, 0.5) is 5.69 Å². The van der Waals surface area contributed by atoms with Crippen LogP contribution in [0.1, 0.15) is 25.0 Å². The van der Waals surface area contributed by atoms with Crippen molar-refractivity contribution in [2.24, 2.45) is 0 Å². The molecule has 0 saturated carbocycles. The Hall–Kier alpha value is -2.38. The van der Waals surface area contributed by atoms with Crippen molar-refractivity contribution in [2.45, 2.75) is 39.1 Å². The van der Waals surface area contributed by atoms with Crippen LogP contribution in [-0.2, 0) is 17.8 Å². The van der Waals surface area contributed by atoms with Crippen molar-refractivity contribution in [3.8, 4) is 5.69 Å². The molecule has 1 aliphatic heterocycles. The number of aromatic nitrogens is 2. The summed E-state index contributed by atoms with van der Waals surface area (Å²) in [6.07, 6.45) is 2.08. The minimum Gasteiger partial charge on any atom is -0.378 e. The number of halogens is 2. The lowest BCUT2D eigenvalue weighted by Crippen LogP contribution is -2.44. The fourth-order valence-corrected chi connectivity index (χ4v) is 4.28. The zero-order chi connectivity index (χ0) is 22.7. The maximum atomic E-state index is 12.6. The molecule has 32 heavy (non-hydrogen) atoms. The van der Waals surface area contributed by atoms with Crippen molar-refractivity contribution in [3.05, 3.63) is 86.3 Å². The summed E-state index contributed by atoms with van der Waals surface area (Å²) >= 11 is 12.2. The number of nitrogens with zero attached hydrogens (tertiary/aromatic N) is 3. The van der Waals surface area contributed by atoms with Gasteiger partial charge in [0.2, 0.25) is 0 Å². The minimum absolute atomic E-state index is 0.0992. The zero-order valence-electron chi connectivity index (χ0n) is 18.1. The number of benzene rings is 2. The van der Waals surface area contributed by atoms with E-state index >= 15 is 0 Å². The second-order valence-corrected chi connectivity index (χ2v) is 9.00. The van der Waals surface area contributed by atoms with Crippen molar-refractivity contribution in [1.29, 1.82) is 0 Å². The van der Waals surface area contributed by atoms with Crippen molar-refractivity contribution >= 4 is 28.9 Å². The van der Waals surface area contributed by atoms with E-state index in [2.05, 4.69) is 53.4 Å². The van der Waals surface area contributed by atoms with Gasteiger partial charge in [-0.3, -0.25) is 9.69 Å². The highest BCUT2D eigenvalue weighted by molar-refractivity contribution is 6.33. The summed E-state index contributed by atoms with van der Waals surface area (Å²) in [5, 5.41) is 8.14. The summed E-state index contributed by atoms with van der Waals surface area (Å²) < 4.78 is 7.06. The third kappa shape index (κ3) is 5.51. The van der Waals surface area contributed by atoms with Crippen molar-refractivity contribution in [3.63, 3.8) is 0 Å². The third-order valence-electron chi connectivity index (χ3n) is 5.40. The van der Waals surface area contributed by atoms with Gasteiger partial charge in [0.25, 0.3) is 5.56 Å². The molecule has 168 valence electrons. The molecule has 1 aromatic heterocycles. The Bertz CT molecular complexity index is 1110. The molecule has 0 radical (unpaired) electrons. The Morgan fingerprint density at radius 1 is 1.00 bits per heavy atom. The quantitative estimate of drug-likeness (QED) is 0.560. The van der Waals surface area contributed by atoms with E-state index in [1.807, 2.05) is 0 Å². The van der Waals surface area contributed by atoms with Crippen molar-refractivity contribution < 1.29 is 4.74 Å². The number of ether oxygens (including phenoxy) is 1. The number of anilines is 1. The number of hydrogen-bond donors (Lipinski definition) is 1. The van der Waals surface area contributed by atoms with Gasteiger partial charge in [0.05, 0.1) is 29.8 Å². The molecule has 1 N–H and O–H groups in total. The van der Waals surface area contributed by atoms with Crippen LogP contribution in [0.25, 0.3) is 5.69 Å². The van der Waals surface area contributed by atoms with Gasteiger partial charge in [-0.2, -0.15) is 9.78 Å². The molecule has 2 heterocycles. The van der Waals surface area contributed by atoms with Gasteiger partial charge in [0, 0.05) is 31.2 Å². The van der Waals surface area contributed by atoms with E-state index in [0.29, 0.717) is 22.9 Å². The van der Waals surface area contributed by atoms with Gasteiger partial charge >= 0.3 is 0 Å². The molecular weight excluding hydrogens is 447 g/mol. The molecular formula is C24H26Cl2N4O2. The van der Waals surface area contributed by atoms with E-state index in [9.17, 15) is 4.79 Å². The standard InChI is InChI=1S/C24H26Cl2N4O2/c1-16-13-29(14-17(2)32-16)15-19-5-3-18(4-6-19)11-27-22-12-28-30(24(31)23(22)26)21-9-7-20(25)8-10-21/h3-10,12,16-17,27H,11,13-15H2,1-2H3. The van der Waals surface area contributed by atoms with Crippen LogP contribution in [-0.4, -0.2) is 40.0 Å². The second-order valence-electron chi connectivity index (χ2n) is 8.19. The van der Waals surface area contributed by atoms with Gasteiger partial charge in [-0.1, -0.05) is 47.5 Å². The van der Waals surface area contributed by atoms with Gasteiger partial charge in [0.15, 0.2) is 0 Å². The van der Waals surface area contributed by atoms with Crippen LogP contribution in [0, 0.1) is 0 Å². The maximum Gasteiger partial charge on any atom is 0.292 e. The molecule has 2 aromatic carbocycles. The molecule has 6 nitrogen and oxygen atoms in total. The summed E-state index contributed by atoms with van der Waals surface area (Å²) in [5.74, 6) is 0. The van der Waals surface area contributed by atoms with Crippen LogP contribution < -0.4 is 10.9 Å². The Balaban J connectivity index is 1.39. The molecule has 1 fully saturated rings. The van der Waals surface area contributed by atoms with Gasteiger partial charge < -0.3 is 10.1 Å². The average molecular weight is 473 g/mol. The molecule has 4 rings (SSSR count). The van der Waals surface area contributed by atoms with Crippen LogP contribution in [0.2, 0.25) is 10.0 Å². The predicted molar refractivity (Wildman–Crippen MR) is 129 cm³/mol. The first-order valence-corrected chi connectivity index (χ1v) is 11.4. The number of morpholine rings is 1. The minimum atomic E-state index is -0.386. The van der Waals surface area contributed by atoms with E-state index in [4.69, 9.17) is 27.9 Å². The van der Waals surface area contributed by atoms with Crippen LogP contribution in [0.3, 0.4) is 0 Å². The lowest BCUT2D eigenvalue weighted by molar-refractivity contribution is -0.0704. The first-order chi connectivity index (χ1) is 15.4. The van der Waals surface area contributed by atoms with Crippen LogP contribution in [0.5, 0.6) is 0 Å². The summed E-state index contributed by atoms with van der Waals surface area (Å²) in [4.78, 5) is 15.1. The fraction of sp³-hybridized carbons (Fsp3) is 0.333. The first-order valence-electron chi connectivity index (χ1n) is 10.6. The topological polar surface area (TPSA) is 59.4 Å². The highest BCUT2D eigenvalue weighted by Crippen LogP contribution is 2.19. The fourth-order valence-electron chi connectivity index (χ4n) is 3.95. The van der Waals surface area contributed by atoms with Gasteiger partial charge in [-0.05, 0) is 49.2 Å². The van der Waals surface area contributed by atoms with E-state index in [1.165, 1.54) is 10.2 Å². The molecule has 8 heteroatoms. The van der Waals surface area contributed by atoms with Crippen molar-refractivity contribution in [1.82, 2.24) is 14.7 Å². The van der Waals surface area contributed by atoms with Gasteiger partial charge in [-0.15, -0.1) is 0 Å². The van der Waals surface area contributed by atoms with E-state index in [0.717, 1.165) is 25.2 Å². The highest BCUT2D eigenvalue weighted by Gasteiger charge is 2.22. The SMILES string of the molecule is CC1CN(Cc2ccc(CNc3cnn(-c4ccc(Cl)cc4)c(=O)c3Cl)cc2)CC(C)O1. The second kappa shape index (κ2) is 10.0. The number of nitrogens with one attached hydrogen (secondary N) is 1. The zero-order valence-corrected chi connectivity index (χ0v) is 19.6. The summed E-state index contributed by atoms with van der Waals surface area (Å²) in [6.45, 7) is 7.57. The van der Waals surface area contributed by atoms with E-state index in [-0.39, 0.29) is 22.8 Å². The maximum absolute atomic E-state index is 12.6. The molecule has 0 spiro atoms. The Morgan fingerprint density at radius 2 is 1.62 bits per heavy atom. The van der Waals surface area contributed by atoms with E-state index < -0.39 is 0 Å². The Morgan fingerprint density at radius 3 is 2.28 bits per heavy atom. The Labute approximate surface area is 197 Å². The summed E-state index contributed by atoms with van der Waals surface area (Å²) in [5.41, 5.74) is 3.08. The average Bonchev–Trinajstić information content (AvgIpc) is 2.76. The normalized spacial score (nSPS) is 19.1. The molecule has 2 unspecified atom stereocenters.